The van der Waals surface area contributed by atoms with Crippen molar-refractivity contribution in [2.75, 3.05) is 25.8 Å². The van der Waals surface area contributed by atoms with E-state index >= 15 is 0 Å². The zero-order valence-corrected chi connectivity index (χ0v) is 13.7. The van der Waals surface area contributed by atoms with Crippen molar-refractivity contribution in [2.24, 2.45) is 0 Å². The molecule has 19 heavy (non-hydrogen) atoms. The van der Waals surface area contributed by atoms with Gasteiger partial charge in [-0.15, -0.1) is 0 Å². The van der Waals surface area contributed by atoms with Gasteiger partial charge in [0, 0.05) is 39.9 Å². The van der Waals surface area contributed by atoms with Gasteiger partial charge in [0.05, 0.1) is 0 Å². The number of ether oxygens (including phenoxy) is 2. The van der Waals surface area contributed by atoms with Gasteiger partial charge >= 0.3 is 0 Å². The molecule has 0 spiro atoms. The maximum Gasteiger partial charge on any atom is 0.231 e. The monoisotopic (exact) mass is 347 g/mol. The summed E-state index contributed by atoms with van der Waals surface area (Å²) in [6, 6.07) is 4.20. The van der Waals surface area contributed by atoms with Gasteiger partial charge in [0.1, 0.15) is 0 Å². The molecule has 0 aliphatic carbocycles. The van der Waals surface area contributed by atoms with Crippen molar-refractivity contribution in [3.63, 3.8) is 0 Å². The summed E-state index contributed by atoms with van der Waals surface area (Å²) in [5.74, 6) is 2.25. The summed E-state index contributed by atoms with van der Waals surface area (Å²) in [5.41, 5.74) is 1.14. The van der Waals surface area contributed by atoms with Crippen molar-refractivity contribution < 1.29 is 13.7 Å². The molecule has 0 bridgehead atoms. The van der Waals surface area contributed by atoms with Crippen molar-refractivity contribution in [1.82, 2.24) is 4.90 Å². The Labute approximate surface area is 124 Å². The molecule has 0 saturated heterocycles. The Morgan fingerprint density at radius 1 is 1.42 bits per heavy atom. The average molecular weight is 348 g/mol. The van der Waals surface area contributed by atoms with Crippen molar-refractivity contribution in [3.8, 4) is 11.5 Å². The molecule has 0 N–H and O–H groups in total. The lowest BCUT2D eigenvalue weighted by Crippen LogP contribution is -2.33. The molecule has 106 valence electrons. The van der Waals surface area contributed by atoms with Crippen LogP contribution >= 0.6 is 15.9 Å². The zero-order valence-electron chi connectivity index (χ0n) is 11.3. The first-order chi connectivity index (χ1) is 8.97. The zero-order chi connectivity index (χ0) is 14.0. The number of hydrogen-bond donors (Lipinski definition) is 0. The summed E-state index contributed by atoms with van der Waals surface area (Å²) in [6.07, 6.45) is 1.74. The molecule has 4 nitrogen and oxygen atoms in total. The molecular formula is C13H18BrNO3S. The van der Waals surface area contributed by atoms with Gasteiger partial charge in [-0.05, 0) is 31.7 Å². The van der Waals surface area contributed by atoms with Crippen LogP contribution in [-0.4, -0.2) is 41.0 Å². The lowest BCUT2D eigenvalue weighted by molar-refractivity contribution is 0.174. The van der Waals surface area contributed by atoms with Gasteiger partial charge in [-0.2, -0.15) is 0 Å². The van der Waals surface area contributed by atoms with Crippen LogP contribution in [0.25, 0.3) is 0 Å². The summed E-state index contributed by atoms with van der Waals surface area (Å²) in [5, 5.41) is 0. The van der Waals surface area contributed by atoms with E-state index in [0.29, 0.717) is 5.75 Å². The third-order valence-electron chi connectivity index (χ3n) is 3.19. The molecule has 1 heterocycles. The minimum absolute atomic E-state index is 0.267. The van der Waals surface area contributed by atoms with Crippen LogP contribution in [0, 0.1) is 0 Å². The number of fused-ring (bicyclic) bond motifs is 1. The minimum atomic E-state index is -0.777. The van der Waals surface area contributed by atoms with E-state index in [1.807, 2.05) is 19.2 Å². The Kier molecular flexibility index (Phi) is 4.86. The highest BCUT2D eigenvalue weighted by molar-refractivity contribution is 9.10. The number of hydrogen-bond acceptors (Lipinski definition) is 4. The highest BCUT2D eigenvalue weighted by atomic mass is 79.9. The predicted octanol–water partition coefficient (Wildman–Crippen LogP) is 2.38. The molecule has 1 aliphatic rings. The molecule has 0 aromatic heterocycles. The van der Waals surface area contributed by atoms with Gasteiger partial charge < -0.3 is 9.47 Å². The number of nitrogens with zero attached hydrogens (tertiary/aromatic N) is 1. The molecule has 1 aromatic carbocycles. The first kappa shape index (κ1) is 14.8. The molecule has 0 fully saturated rings. The fourth-order valence-electron chi connectivity index (χ4n) is 1.97. The Morgan fingerprint density at radius 3 is 2.68 bits per heavy atom. The first-order valence-corrected chi connectivity index (χ1v) is 8.57. The van der Waals surface area contributed by atoms with E-state index < -0.39 is 10.8 Å². The largest absolute Gasteiger partial charge is 0.454 e. The molecule has 1 aromatic rings. The maximum atomic E-state index is 11.3. The average Bonchev–Trinajstić information content (AvgIpc) is 2.75. The normalized spacial score (nSPS) is 16.7. The van der Waals surface area contributed by atoms with Gasteiger partial charge in [-0.25, -0.2) is 0 Å². The van der Waals surface area contributed by atoms with Crippen molar-refractivity contribution in [1.29, 1.82) is 0 Å². The van der Waals surface area contributed by atoms with E-state index in [4.69, 9.17) is 9.47 Å². The highest BCUT2D eigenvalue weighted by Crippen LogP contribution is 2.37. The molecule has 0 saturated carbocycles. The summed E-state index contributed by atoms with van der Waals surface area (Å²) in [6.45, 7) is 3.14. The molecule has 0 radical (unpaired) electrons. The smallest absolute Gasteiger partial charge is 0.231 e. The minimum Gasteiger partial charge on any atom is -0.454 e. The lowest BCUT2D eigenvalue weighted by Gasteiger charge is -2.24. The van der Waals surface area contributed by atoms with E-state index in [2.05, 4.69) is 27.8 Å². The number of benzene rings is 1. The van der Waals surface area contributed by atoms with Gasteiger partial charge in [-0.1, -0.05) is 15.9 Å². The van der Waals surface area contributed by atoms with Crippen LogP contribution in [0.15, 0.2) is 16.6 Å². The second-order valence-electron chi connectivity index (χ2n) is 4.80. The summed E-state index contributed by atoms with van der Waals surface area (Å²) < 4.78 is 23.0. The van der Waals surface area contributed by atoms with Crippen LogP contribution in [0.1, 0.15) is 12.5 Å². The fourth-order valence-corrected chi connectivity index (χ4v) is 3.35. The van der Waals surface area contributed by atoms with Crippen molar-refractivity contribution in [3.05, 3.63) is 22.2 Å². The fraction of sp³-hybridized carbons (Fsp3) is 0.538. The Hall–Kier alpha value is -0.590. The van der Waals surface area contributed by atoms with Crippen molar-refractivity contribution >= 4 is 26.7 Å². The Balaban J connectivity index is 2.08. The first-order valence-electron chi connectivity index (χ1n) is 6.05. The third kappa shape index (κ3) is 3.70. The van der Waals surface area contributed by atoms with Crippen LogP contribution in [0.4, 0.5) is 0 Å². The lowest BCUT2D eigenvalue weighted by atomic mass is 10.1. The van der Waals surface area contributed by atoms with E-state index in [1.54, 1.807) is 6.26 Å². The van der Waals surface area contributed by atoms with Gasteiger partial charge in [-0.3, -0.25) is 9.11 Å². The van der Waals surface area contributed by atoms with E-state index in [9.17, 15) is 4.21 Å². The summed E-state index contributed by atoms with van der Waals surface area (Å²) in [4.78, 5) is 2.18. The molecule has 6 heteroatoms. The number of halogens is 1. The van der Waals surface area contributed by atoms with Crippen LogP contribution in [0.5, 0.6) is 11.5 Å². The quantitative estimate of drug-likeness (QED) is 0.819. The van der Waals surface area contributed by atoms with Crippen molar-refractivity contribution in [2.45, 2.75) is 19.5 Å². The van der Waals surface area contributed by atoms with E-state index in [0.717, 1.165) is 28.1 Å². The third-order valence-corrected chi connectivity index (χ3v) is 4.88. The standard InChI is InChI=1S/C13H18BrNO3S/c1-9(7-19(3)16)15(2)6-10-4-12-13(5-11(10)14)18-8-17-12/h4-5,9H,6-8H2,1-3H3/t9-,19+/m0/s1. The molecule has 0 unspecified atom stereocenters. The van der Waals surface area contributed by atoms with Gasteiger partial charge in [0.25, 0.3) is 0 Å². The van der Waals surface area contributed by atoms with Crippen LogP contribution < -0.4 is 9.47 Å². The second kappa shape index (κ2) is 6.24. The van der Waals surface area contributed by atoms with E-state index in [-0.39, 0.29) is 12.8 Å². The number of rotatable bonds is 5. The van der Waals surface area contributed by atoms with Crippen LogP contribution in [0.2, 0.25) is 0 Å². The maximum absolute atomic E-state index is 11.3. The molecule has 2 rings (SSSR count). The molecule has 2 atom stereocenters. The highest BCUT2D eigenvalue weighted by Gasteiger charge is 2.18. The van der Waals surface area contributed by atoms with Crippen LogP contribution in [-0.2, 0) is 17.3 Å². The van der Waals surface area contributed by atoms with Gasteiger partial charge in [0.2, 0.25) is 6.79 Å². The van der Waals surface area contributed by atoms with Gasteiger partial charge in [0.15, 0.2) is 11.5 Å². The summed E-state index contributed by atoms with van der Waals surface area (Å²) in [7, 11) is 1.26. The molecule has 0 amide bonds. The molecule has 1 aliphatic heterocycles. The SMILES string of the molecule is C[C@@H](C[S@@](C)=O)N(C)Cc1cc2c(cc1Br)OCO2. The Bertz CT molecular complexity index is 495. The second-order valence-corrected chi connectivity index (χ2v) is 7.13. The summed E-state index contributed by atoms with van der Waals surface area (Å²) >= 11 is 3.56. The van der Waals surface area contributed by atoms with Crippen LogP contribution in [0.3, 0.4) is 0 Å². The molecular weight excluding hydrogens is 330 g/mol. The van der Waals surface area contributed by atoms with E-state index in [1.165, 1.54) is 0 Å². The topological polar surface area (TPSA) is 38.8 Å². The predicted molar refractivity (Wildman–Crippen MR) is 80.1 cm³/mol. The Morgan fingerprint density at radius 2 is 2.05 bits per heavy atom.